The van der Waals surface area contributed by atoms with Crippen LogP contribution >= 0.6 is 11.6 Å². The molecule has 3 rings (SSSR count). The van der Waals surface area contributed by atoms with E-state index in [0.717, 1.165) is 16.5 Å². The molecule has 0 spiro atoms. The number of halogens is 1. The van der Waals surface area contributed by atoms with Gasteiger partial charge in [0.2, 0.25) is 0 Å². The van der Waals surface area contributed by atoms with Gasteiger partial charge < -0.3 is 15.0 Å². The summed E-state index contributed by atoms with van der Waals surface area (Å²) >= 11 is 6.12. The number of fused-ring (bicyclic) bond motifs is 1. The number of nitrogens with one attached hydrogen (secondary N) is 1. The Morgan fingerprint density at radius 2 is 2.08 bits per heavy atom. The van der Waals surface area contributed by atoms with Crippen molar-refractivity contribution in [2.75, 3.05) is 11.9 Å². The highest BCUT2D eigenvalue weighted by molar-refractivity contribution is 6.35. The van der Waals surface area contributed by atoms with Crippen LogP contribution in [0.3, 0.4) is 0 Å². The number of hydrogen-bond donors (Lipinski definition) is 2. The van der Waals surface area contributed by atoms with Gasteiger partial charge in [-0.25, -0.2) is 4.98 Å². The highest BCUT2D eigenvalue weighted by atomic mass is 35.5. The number of aliphatic hydroxyl groups excluding tert-OH is 1. The molecule has 3 aromatic rings. The third-order valence-corrected chi connectivity index (χ3v) is 4.38. The molecule has 5 nitrogen and oxygen atoms in total. The third-order valence-electron chi connectivity index (χ3n) is 4.08. The van der Waals surface area contributed by atoms with Crippen LogP contribution in [0.2, 0.25) is 5.02 Å². The van der Waals surface area contributed by atoms with Crippen LogP contribution in [0.25, 0.3) is 10.9 Å². The van der Waals surface area contributed by atoms with Crippen molar-refractivity contribution in [1.29, 1.82) is 0 Å². The number of pyridine rings is 1. The van der Waals surface area contributed by atoms with E-state index in [2.05, 4.69) is 10.3 Å². The second-order valence-electron chi connectivity index (χ2n) is 5.83. The minimum absolute atomic E-state index is 0.0493. The van der Waals surface area contributed by atoms with Gasteiger partial charge in [0.05, 0.1) is 10.5 Å². The number of benzene rings is 1. The van der Waals surface area contributed by atoms with Crippen molar-refractivity contribution in [2.24, 2.45) is 7.05 Å². The Labute approximate surface area is 144 Å². The molecule has 124 valence electrons. The van der Waals surface area contributed by atoms with Crippen LogP contribution in [0.1, 0.15) is 28.8 Å². The van der Waals surface area contributed by atoms with Gasteiger partial charge in [0.25, 0.3) is 5.91 Å². The summed E-state index contributed by atoms with van der Waals surface area (Å²) in [5.41, 5.74) is 2.43. The van der Waals surface area contributed by atoms with E-state index in [1.807, 2.05) is 30.7 Å². The maximum atomic E-state index is 12.4. The fraction of sp³-hybridized carbons (Fsp3) is 0.222. The first kappa shape index (κ1) is 16.5. The van der Waals surface area contributed by atoms with Gasteiger partial charge >= 0.3 is 0 Å². The zero-order valence-corrected chi connectivity index (χ0v) is 14.2. The van der Waals surface area contributed by atoms with Gasteiger partial charge in [-0.05, 0) is 17.7 Å². The molecule has 1 amide bonds. The van der Waals surface area contributed by atoms with Crippen molar-refractivity contribution in [3.05, 3.63) is 58.9 Å². The summed E-state index contributed by atoms with van der Waals surface area (Å²) in [6, 6.07) is 8.98. The average molecular weight is 344 g/mol. The molecule has 0 radical (unpaired) electrons. The highest BCUT2D eigenvalue weighted by Crippen LogP contribution is 2.26. The molecule has 0 bridgehead atoms. The van der Waals surface area contributed by atoms with Crippen LogP contribution in [0.5, 0.6) is 0 Å². The highest BCUT2D eigenvalue weighted by Gasteiger charge is 2.11. The number of carbonyl (C=O) groups excluding carboxylic acids is 1. The number of anilines is 1. The maximum Gasteiger partial charge on any atom is 0.256 e. The molecular weight excluding hydrogens is 326 g/mol. The second kappa shape index (κ2) is 6.63. The maximum absolute atomic E-state index is 12.4. The molecule has 2 N–H and O–H groups in total. The quantitative estimate of drug-likeness (QED) is 0.761. The number of aliphatic hydroxyl groups is 1. The summed E-state index contributed by atoms with van der Waals surface area (Å²) in [5, 5.41) is 13.4. The van der Waals surface area contributed by atoms with Crippen molar-refractivity contribution in [3.8, 4) is 0 Å². The molecule has 2 heterocycles. The molecule has 0 fully saturated rings. The number of aryl methyl sites for hydroxylation is 1. The Morgan fingerprint density at radius 1 is 1.38 bits per heavy atom. The fourth-order valence-corrected chi connectivity index (χ4v) is 2.85. The van der Waals surface area contributed by atoms with E-state index in [-0.39, 0.29) is 18.4 Å². The van der Waals surface area contributed by atoms with E-state index < -0.39 is 0 Å². The van der Waals surface area contributed by atoms with Gasteiger partial charge in [0.1, 0.15) is 5.82 Å². The van der Waals surface area contributed by atoms with Gasteiger partial charge in [-0.2, -0.15) is 0 Å². The fourth-order valence-electron chi connectivity index (χ4n) is 2.55. The Hall–Kier alpha value is -2.37. The summed E-state index contributed by atoms with van der Waals surface area (Å²) in [7, 11) is 1.89. The zero-order valence-electron chi connectivity index (χ0n) is 13.5. The molecule has 0 saturated heterocycles. The normalized spacial score (nSPS) is 12.3. The Balaban J connectivity index is 1.80. The lowest BCUT2D eigenvalue weighted by Crippen LogP contribution is -2.13. The monoisotopic (exact) mass is 343 g/mol. The molecule has 2 aromatic heterocycles. The average Bonchev–Trinajstić information content (AvgIpc) is 2.88. The lowest BCUT2D eigenvalue weighted by molar-refractivity contribution is 0.102. The standard InChI is InChI=1S/C18H18ClN3O2/c1-11(10-23)12-3-5-13(6-4-12)18(24)21-17-7-16-14(8-20-17)15(19)9-22(16)2/h3-9,11,23H,10H2,1-2H3,(H,20,21,24). The first-order valence-corrected chi connectivity index (χ1v) is 8.00. The van der Waals surface area contributed by atoms with Crippen molar-refractivity contribution < 1.29 is 9.90 Å². The minimum atomic E-state index is -0.231. The first-order valence-electron chi connectivity index (χ1n) is 7.62. The van der Waals surface area contributed by atoms with E-state index in [0.29, 0.717) is 16.4 Å². The number of hydrogen-bond acceptors (Lipinski definition) is 3. The van der Waals surface area contributed by atoms with Crippen molar-refractivity contribution in [3.63, 3.8) is 0 Å². The van der Waals surface area contributed by atoms with E-state index in [9.17, 15) is 9.90 Å². The minimum Gasteiger partial charge on any atom is -0.396 e. The SMILES string of the molecule is CC(CO)c1ccc(C(=O)Nc2cc3c(cn2)c(Cl)cn3C)cc1. The van der Waals surface area contributed by atoms with E-state index >= 15 is 0 Å². The van der Waals surface area contributed by atoms with Crippen LogP contribution in [0.4, 0.5) is 5.82 Å². The molecule has 1 aromatic carbocycles. The van der Waals surface area contributed by atoms with Crippen LogP contribution in [0.15, 0.2) is 42.7 Å². The van der Waals surface area contributed by atoms with Gasteiger partial charge in [0, 0.05) is 49.0 Å². The molecule has 1 atom stereocenters. The van der Waals surface area contributed by atoms with Gasteiger partial charge in [-0.3, -0.25) is 4.79 Å². The topological polar surface area (TPSA) is 67.2 Å². The molecular formula is C18H18ClN3O2. The lowest BCUT2D eigenvalue weighted by Gasteiger charge is -2.09. The number of carbonyl (C=O) groups is 1. The summed E-state index contributed by atoms with van der Waals surface area (Å²) in [6.07, 6.45) is 3.46. The first-order chi connectivity index (χ1) is 11.5. The van der Waals surface area contributed by atoms with Crippen LogP contribution in [0, 0.1) is 0 Å². The zero-order chi connectivity index (χ0) is 17.3. The molecule has 0 saturated carbocycles. The molecule has 6 heteroatoms. The molecule has 24 heavy (non-hydrogen) atoms. The Bertz CT molecular complexity index is 887. The number of nitrogens with zero attached hydrogens (tertiary/aromatic N) is 2. The van der Waals surface area contributed by atoms with E-state index in [1.165, 1.54) is 0 Å². The number of aromatic nitrogens is 2. The summed E-state index contributed by atoms with van der Waals surface area (Å²) in [6.45, 7) is 2.01. The van der Waals surface area contributed by atoms with Gasteiger partial charge in [0.15, 0.2) is 0 Å². The largest absolute Gasteiger partial charge is 0.396 e. The molecule has 0 aliphatic heterocycles. The molecule has 0 aliphatic carbocycles. The molecule has 1 unspecified atom stereocenters. The number of rotatable bonds is 4. The van der Waals surface area contributed by atoms with Crippen molar-refractivity contribution in [1.82, 2.24) is 9.55 Å². The summed E-state index contributed by atoms with van der Waals surface area (Å²) in [5.74, 6) is 0.289. The van der Waals surface area contributed by atoms with E-state index in [4.69, 9.17) is 11.6 Å². The van der Waals surface area contributed by atoms with Gasteiger partial charge in [-0.1, -0.05) is 30.7 Å². The van der Waals surface area contributed by atoms with Crippen LogP contribution in [-0.4, -0.2) is 27.2 Å². The van der Waals surface area contributed by atoms with Crippen molar-refractivity contribution >= 4 is 34.2 Å². The Kier molecular flexibility index (Phi) is 4.55. The molecule has 0 aliphatic rings. The summed E-state index contributed by atoms with van der Waals surface area (Å²) < 4.78 is 1.89. The summed E-state index contributed by atoms with van der Waals surface area (Å²) in [4.78, 5) is 16.6. The van der Waals surface area contributed by atoms with Gasteiger partial charge in [-0.15, -0.1) is 0 Å². The number of amides is 1. The van der Waals surface area contributed by atoms with Crippen LogP contribution < -0.4 is 5.32 Å². The smallest absolute Gasteiger partial charge is 0.256 e. The second-order valence-corrected chi connectivity index (χ2v) is 6.24. The lowest BCUT2D eigenvalue weighted by atomic mass is 10.0. The predicted octanol–water partition coefficient (Wildman–Crippen LogP) is 3.57. The van der Waals surface area contributed by atoms with Crippen molar-refractivity contribution in [2.45, 2.75) is 12.8 Å². The van der Waals surface area contributed by atoms with E-state index in [1.54, 1.807) is 30.6 Å². The predicted molar refractivity (Wildman–Crippen MR) is 95.6 cm³/mol. The van der Waals surface area contributed by atoms with Crippen LogP contribution in [-0.2, 0) is 7.05 Å². The Morgan fingerprint density at radius 3 is 2.75 bits per heavy atom. The third kappa shape index (κ3) is 3.13.